The summed E-state index contributed by atoms with van der Waals surface area (Å²) in [5.74, 6) is -1.39. The first kappa shape index (κ1) is 24.9. The number of anilines is 1. The van der Waals surface area contributed by atoms with Gasteiger partial charge in [-0.25, -0.2) is 8.42 Å². The van der Waals surface area contributed by atoms with Gasteiger partial charge in [-0.2, -0.15) is 0 Å². The third-order valence-corrected chi connectivity index (χ3v) is 7.77. The molecule has 9 heteroatoms. The Morgan fingerprint density at radius 3 is 2.46 bits per heavy atom. The summed E-state index contributed by atoms with van der Waals surface area (Å²) in [6.45, 7) is 4.18. The molecule has 186 valence electrons. The number of hydrogen-bond acceptors (Lipinski definition) is 5. The number of nitrogens with one attached hydrogen (secondary N) is 1. The maximum Gasteiger partial charge on any atom is 0.242 e. The van der Waals surface area contributed by atoms with E-state index in [2.05, 4.69) is 12.2 Å². The van der Waals surface area contributed by atoms with E-state index in [4.69, 9.17) is 4.74 Å². The zero-order chi connectivity index (χ0) is 24.8. The molecule has 0 aliphatic carbocycles. The van der Waals surface area contributed by atoms with E-state index in [9.17, 15) is 18.0 Å². The van der Waals surface area contributed by atoms with Crippen LogP contribution in [0.5, 0.6) is 0 Å². The van der Waals surface area contributed by atoms with Gasteiger partial charge in [0.1, 0.15) is 12.3 Å². The van der Waals surface area contributed by atoms with E-state index in [1.165, 1.54) is 11.8 Å². The Balaban J connectivity index is 1.49. The van der Waals surface area contributed by atoms with E-state index in [0.717, 1.165) is 19.3 Å². The smallest absolute Gasteiger partial charge is 0.242 e. The fourth-order valence-electron chi connectivity index (χ4n) is 4.23. The Hall–Kier alpha value is -3.17. The van der Waals surface area contributed by atoms with Crippen LogP contribution in [0.1, 0.15) is 25.3 Å². The van der Waals surface area contributed by atoms with Crippen molar-refractivity contribution in [2.24, 2.45) is 0 Å². The monoisotopic (exact) mass is 497 g/mol. The number of carbonyl (C=O) groups is 2. The van der Waals surface area contributed by atoms with E-state index in [-0.39, 0.29) is 17.3 Å². The molecule has 35 heavy (non-hydrogen) atoms. The van der Waals surface area contributed by atoms with Crippen LogP contribution in [-0.2, 0) is 37.1 Å². The lowest BCUT2D eigenvalue weighted by atomic mass is 10.1. The Labute approximate surface area is 205 Å². The van der Waals surface area contributed by atoms with Crippen molar-refractivity contribution in [3.63, 3.8) is 0 Å². The van der Waals surface area contributed by atoms with Crippen LogP contribution in [0.3, 0.4) is 0 Å². The van der Waals surface area contributed by atoms with Crippen molar-refractivity contribution in [3.05, 3.63) is 60.3 Å². The van der Waals surface area contributed by atoms with Gasteiger partial charge in [-0.05, 0) is 36.6 Å². The fourth-order valence-corrected chi connectivity index (χ4v) is 5.60. The van der Waals surface area contributed by atoms with Crippen LogP contribution >= 0.6 is 0 Å². The van der Waals surface area contributed by atoms with Gasteiger partial charge in [-0.1, -0.05) is 43.7 Å². The molecule has 1 fully saturated rings. The molecule has 0 saturated carbocycles. The summed E-state index contributed by atoms with van der Waals surface area (Å²) in [6, 6.07) is 14.5. The molecule has 8 nitrogen and oxygen atoms in total. The summed E-state index contributed by atoms with van der Waals surface area (Å²) in [4.78, 5) is 27.1. The van der Waals surface area contributed by atoms with Gasteiger partial charge in [0.05, 0.1) is 18.1 Å². The first-order chi connectivity index (χ1) is 16.9. The number of nitrogens with zero attached hydrogens (tertiary/aromatic N) is 2. The van der Waals surface area contributed by atoms with Gasteiger partial charge < -0.3 is 19.5 Å². The number of aryl methyl sites for hydroxylation is 1. The number of sulfone groups is 1. The quantitative estimate of drug-likeness (QED) is 0.489. The van der Waals surface area contributed by atoms with Crippen molar-refractivity contribution >= 4 is 38.2 Å². The topological polar surface area (TPSA) is 97.7 Å². The third kappa shape index (κ3) is 6.10. The average Bonchev–Trinajstić information content (AvgIpc) is 3.23. The zero-order valence-corrected chi connectivity index (χ0v) is 20.7. The molecule has 1 aromatic heterocycles. The van der Waals surface area contributed by atoms with E-state index < -0.39 is 21.5 Å². The van der Waals surface area contributed by atoms with Gasteiger partial charge in [0.25, 0.3) is 0 Å². The Kier molecular flexibility index (Phi) is 7.87. The SMILES string of the molecule is CCCCc1ccc(NC(=O)CS(=O)(=O)c2cn(CC(=O)N3CCOCC3)c3ccccc23)cc1. The highest BCUT2D eigenvalue weighted by atomic mass is 32.2. The molecular weight excluding hydrogens is 466 g/mol. The molecule has 0 bridgehead atoms. The first-order valence-electron chi connectivity index (χ1n) is 11.9. The number of morpholine rings is 1. The number of aromatic nitrogens is 1. The lowest BCUT2D eigenvalue weighted by Gasteiger charge is -2.27. The molecule has 3 aromatic rings. The summed E-state index contributed by atoms with van der Waals surface area (Å²) < 4.78 is 33.4. The fraction of sp³-hybridized carbons (Fsp3) is 0.385. The summed E-state index contributed by atoms with van der Waals surface area (Å²) in [6.07, 6.45) is 4.63. The van der Waals surface area contributed by atoms with Crippen molar-refractivity contribution in [2.75, 3.05) is 37.4 Å². The minimum atomic E-state index is -3.94. The molecule has 2 heterocycles. The second-order valence-electron chi connectivity index (χ2n) is 8.74. The largest absolute Gasteiger partial charge is 0.378 e. The lowest BCUT2D eigenvalue weighted by Crippen LogP contribution is -2.42. The van der Waals surface area contributed by atoms with Crippen molar-refractivity contribution < 1.29 is 22.7 Å². The number of hydrogen-bond donors (Lipinski definition) is 1. The lowest BCUT2D eigenvalue weighted by molar-refractivity contribution is -0.135. The molecule has 0 atom stereocenters. The Bertz CT molecular complexity index is 1290. The first-order valence-corrected chi connectivity index (χ1v) is 13.6. The maximum absolute atomic E-state index is 13.2. The van der Waals surface area contributed by atoms with Gasteiger partial charge in [0.15, 0.2) is 9.84 Å². The number of ether oxygens (including phenoxy) is 1. The minimum Gasteiger partial charge on any atom is -0.378 e. The van der Waals surface area contributed by atoms with E-state index in [1.807, 2.05) is 12.1 Å². The van der Waals surface area contributed by atoms with Crippen molar-refractivity contribution in [2.45, 2.75) is 37.6 Å². The Morgan fingerprint density at radius 1 is 1.03 bits per heavy atom. The highest BCUT2D eigenvalue weighted by Gasteiger charge is 2.26. The Morgan fingerprint density at radius 2 is 1.74 bits per heavy atom. The molecule has 4 rings (SSSR count). The number of amides is 2. The molecule has 1 aliphatic heterocycles. The number of benzene rings is 2. The van der Waals surface area contributed by atoms with Gasteiger partial charge in [-0.15, -0.1) is 0 Å². The molecule has 2 aromatic carbocycles. The van der Waals surface area contributed by atoms with E-state index >= 15 is 0 Å². The van der Waals surface area contributed by atoms with Gasteiger partial charge in [0, 0.05) is 35.9 Å². The molecule has 0 radical (unpaired) electrons. The highest BCUT2D eigenvalue weighted by molar-refractivity contribution is 7.92. The molecule has 0 spiro atoms. The second kappa shape index (κ2) is 11.0. The minimum absolute atomic E-state index is 0.0204. The predicted octanol–water partition coefficient (Wildman–Crippen LogP) is 3.26. The summed E-state index contributed by atoms with van der Waals surface area (Å²) in [5.41, 5.74) is 2.37. The standard InChI is InChI=1S/C26H31N3O5S/c1-2-3-6-20-9-11-21(12-10-20)27-25(30)19-35(32,33)24-17-29(23-8-5-4-7-22(23)24)18-26(31)28-13-15-34-16-14-28/h4-5,7-12,17H,2-3,6,13-16,18-19H2,1H3,(H,27,30). The third-order valence-electron chi connectivity index (χ3n) is 6.13. The van der Waals surface area contributed by atoms with Crippen LogP contribution in [-0.4, -0.2) is 61.8 Å². The molecule has 1 saturated heterocycles. The summed E-state index contributed by atoms with van der Waals surface area (Å²) in [7, 11) is -3.94. The van der Waals surface area contributed by atoms with Crippen molar-refractivity contribution in [1.82, 2.24) is 9.47 Å². The van der Waals surface area contributed by atoms with Crippen LogP contribution in [0, 0.1) is 0 Å². The number of unbranched alkanes of at least 4 members (excludes halogenated alkanes) is 1. The van der Waals surface area contributed by atoms with Crippen molar-refractivity contribution in [1.29, 1.82) is 0 Å². The van der Waals surface area contributed by atoms with Gasteiger partial charge in [-0.3, -0.25) is 9.59 Å². The number of para-hydroxylation sites is 1. The molecule has 1 N–H and O–H groups in total. The summed E-state index contributed by atoms with van der Waals surface area (Å²) >= 11 is 0. The normalized spacial score (nSPS) is 14.3. The van der Waals surface area contributed by atoms with Crippen LogP contribution in [0.2, 0.25) is 0 Å². The van der Waals surface area contributed by atoms with Crippen LogP contribution in [0.4, 0.5) is 5.69 Å². The molecule has 2 amide bonds. The van der Waals surface area contributed by atoms with E-state index in [1.54, 1.807) is 45.9 Å². The molecular formula is C26H31N3O5S. The maximum atomic E-state index is 13.2. The van der Waals surface area contributed by atoms with Crippen LogP contribution in [0.15, 0.2) is 59.6 Å². The predicted molar refractivity (Wildman–Crippen MR) is 135 cm³/mol. The second-order valence-corrected chi connectivity index (χ2v) is 10.7. The van der Waals surface area contributed by atoms with Gasteiger partial charge in [0.2, 0.25) is 11.8 Å². The zero-order valence-electron chi connectivity index (χ0n) is 19.9. The van der Waals surface area contributed by atoms with Crippen LogP contribution in [0.25, 0.3) is 10.9 Å². The van der Waals surface area contributed by atoms with Gasteiger partial charge >= 0.3 is 0 Å². The molecule has 1 aliphatic rings. The van der Waals surface area contributed by atoms with Crippen LogP contribution < -0.4 is 5.32 Å². The number of rotatable bonds is 9. The molecule has 0 unspecified atom stereocenters. The summed E-state index contributed by atoms with van der Waals surface area (Å²) in [5, 5.41) is 3.18. The average molecular weight is 498 g/mol. The highest BCUT2D eigenvalue weighted by Crippen LogP contribution is 2.27. The number of carbonyl (C=O) groups excluding carboxylic acids is 2. The van der Waals surface area contributed by atoms with Crippen molar-refractivity contribution in [3.8, 4) is 0 Å². The van der Waals surface area contributed by atoms with E-state index in [0.29, 0.717) is 42.9 Å². The number of fused-ring (bicyclic) bond motifs is 1.